The Labute approximate surface area is 110 Å². The molecule has 1 aromatic heterocycles. The number of benzene rings is 1. The summed E-state index contributed by atoms with van der Waals surface area (Å²) in [6.07, 6.45) is 1.54. The molecule has 0 saturated carbocycles. The van der Waals surface area contributed by atoms with Crippen molar-refractivity contribution in [3.05, 3.63) is 41.7 Å². The smallest absolute Gasteiger partial charge is 0.259 e. The van der Waals surface area contributed by atoms with Crippen LogP contribution >= 0.6 is 11.8 Å². The summed E-state index contributed by atoms with van der Waals surface area (Å²) in [5.74, 6) is 0.836. The Kier molecular flexibility index (Phi) is 4.04. The fourth-order valence-corrected chi connectivity index (χ4v) is 2.38. The predicted octanol–water partition coefficient (Wildman–Crippen LogP) is 3.08. The van der Waals surface area contributed by atoms with E-state index in [1.54, 1.807) is 18.0 Å². The van der Waals surface area contributed by atoms with Gasteiger partial charge < -0.3 is 5.32 Å². The number of carbonyl (C=O) groups is 1. The first-order valence-electron chi connectivity index (χ1n) is 5.75. The van der Waals surface area contributed by atoms with Crippen molar-refractivity contribution in [1.29, 1.82) is 0 Å². The molecule has 0 aliphatic rings. The summed E-state index contributed by atoms with van der Waals surface area (Å²) in [5.41, 5.74) is 2.19. The maximum atomic E-state index is 12.1. The van der Waals surface area contributed by atoms with E-state index in [4.69, 9.17) is 0 Å². The van der Waals surface area contributed by atoms with E-state index in [-0.39, 0.29) is 5.91 Å². The summed E-state index contributed by atoms with van der Waals surface area (Å²) in [4.78, 5) is 13.2. The molecule has 1 heterocycles. The van der Waals surface area contributed by atoms with Crippen LogP contribution < -0.4 is 5.32 Å². The number of nitrogens with one attached hydrogen (secondary N) is 2. The Morgan fingerprint density at radius 2 is 2.22 bits per heavy atom. The van der Waals surface area contributed by atoms with E-state index in [0.29, 0.717) is 5.56 Å². The van der Waals surface area contributed by atoms with Crippen LogP contribution in [0.4, 0.5) is 5.69 Å². The first-order chi connectivity index (χ1) is 8.72. The van der Waals surface area contributed by atoms with Crippen LogP contribution in [0.15, 0.2) is 35.4 Å². The molecule has 0 bridgehead atoms. The number of nitrogens with zero attached hydrogens (tertiary/aromatic N) is 1. The molecule has 0 aliphatic heterocycles. The molecule has 0 fully saturated rings. The van der Waals surface area contributed by atoms with Gasteiger partial charge in [0, 0.05) is 10.6 Å². The molecule has 1 aromatic carbocycles. The van der Waals surface area contributed by atoms with Gasteiger partial charge in [-0.05, 0) is 24.8 Å². The summed E-state index contributed by atoms with van der Waals surface area (Å²) in [6.45, 7) is 3.91. The van der Waals surface area contributed by atoms with Crippen LogP contribution in [0.1, 0.15) is 23.0 Å². The van der Waals surface area contributed by atoms with Gasteiger partial charge in [-0.3, -0.25) is 9.89 Å². The normalized spacial score (nSPS) is 10.3. The largest absolute Gasteiger partial charge is 0.321 e. The molecule has 2 rings (SSSR count). The van der Waals surface area contributed by atoms with Gasteiger partial charge in [0.05, 0.1) is 17.4 Å². The van der Waals surface area contributed by atoms with Crippen LogP contribution in [0.25, 0.3) is 0 Å². The second kappa shape index (κ2) is 5.73. The maximum Gasteiger partial charge on any atom is 0.259 e. The first-order valence-corrected chi connectivity index (χ1v) is 6.74. The number of para-hydroxylation sites is 1. The molecule has 0 spiro atoms. The van der Waals surface area contributed by atoms with Gasteiger partial charge in [0.1, 0.15) is 0 Å². The topological polar surface area (TPSA) is 57.8 Å². The number of hydrogen-bond acceptors (Lipinski definition) is 3. The van der Waals surface area contributed by atoms with Gasteiger partial charge in [0.25, 0.3) is 5.91 Å². The number of thioether (sulfide) groups is 1. The van der Waals surface area contributed by atoms with Crippen molar-refractivity contribution < 1.29 is 4.79 Å². The summed E-state index contributed by atoms with van der Waals surface area (Å²) in [5, 5.41) is 9.53. The van der Waals surface area contributed by atoms with Crippen molar-refractivity contribution in [2.75, 3.05) is 11.1 Å². The number of carbonyl (C=O) groups excluding carboxylic acids is 1. The number of amides is 1. The third kappa shape index (κ3) is 2.73. The second-order valence-corrected chi connectivity index (χ2v) is 5.10. The molecule has 0 unspecified atom stereocenters. The Morgan fingerprint density at radius 3 is 2.89 bits per heavy atom. The minimum atomic E-state index is -0.134. The van der Waals surface area contributed by atoms with E-state index >= 15 is 0 Å². The van der Waals surface area contributed by atoms with Gasteiger partial charge in [-0.2, -0.15) is 5.10 Å². The number of hydrogen-bond donors (Lipinski definition) is 2. The molecule has 0 atom stereocenters. The second-order valence-electron chi connectivity index (χ2n) is 3.79. The van der Waals surface area contributed by atoms with E-state index in [0.717, 1.165) is 22.0 Å². The zero-order valence-electron chi connectivity index (χ0n) is 10.4. The predicted molar refractivity (Wildman–Crippen MR) is 74.1 cm³/mol. The zero-order valence-corrected chi connectivity index (χ0v) is 11.2. The minimum absolute atomic E-state index is 0.134. The molecule has 0 radical (unpaired) electrons. The fourth-order valence-electron chi connectivity index (χ4n) is 1.62. The van der Waals surface area contributed by atoms with Crippen LogP contribution in [-0.2, 0) is 0 Å². The molecular weight excluding hydrogens is 246 g/mol. The van der Waals surface area contributed by atoms with Crippen LogP contribution in [0, 0.1) is 6.92 Å². The van der Waals surface area contributed by atoms with Crippen molar-refractivity contribution in [1.82, 2.24) is 10.2 Å². The number of anilines is 1. The van der Waals surface area contributed by atoms with Crippen LogP contribution in [0.2, 0.25) is 0 Å². The maximum absolute atomic E-state index is 12.1. The van der Waals surface area contributed by atoms with Crippen LogP contribution in [-0.4, -0.2) is 21.9 Å². The van der Waals surface area contributed by atoms with E-state index < -0.39 is 0 Å². The van der Waals surface area contributed by atoms with Gasteiger partial charge in [-0.25, -0.2) is 0 Å². The number of rotatable bonds is 4. The lowest BCUT2D eigenvalue weighted by molar-refractivity contribution is 0.102. The molecule has 18 heavy (non-hydrogen) atoms. The average molecular weight is 261 g/mol. The summed E-state index contributed by atoms with van der Waals surface area (Å²) < 4.78 is 0. The molecule has 2 N–H and O–H groups in total. The van der Waals surface area contributed by atoms with Crippen molar-refractivity contribution in [2.45, 2.75) is 18.7 Å². The van der Waals surface area contributed by atoms with E-state index in [2.05, 4.69) is 22.4 Å². The fraction of sp³-hybridized carbons (Fsp3) is 0.231. The molecule has 1 amide bonds. The summed E-state index contributed by atoms with van der Waals surface area (Å²) in [6, 6.07) is 7.80. The molecule has 2 aromatic rings. The minimum Gasteiger partial charge on any atom is -0.321 e. The highest BCUT2D eigenvalue weighted by atomic mass is 32.2. The molecule has 5 heteroatoms. The Balaban J connectivity index is 2.19. The summed E-state index contributed by atoms with van der Waals surface area (Å²) in [7, 11) is 0. The third-order valence-electron chi connectivity index (χ3n) is 2.51. The van der Waals surface area contributed by atoms with Crippen molar-refractivity contribution >= 4 is 23.4 Å². The van der Waals surface area contributed by atoms with Crippen LogP contribution in [0.3, 0.4) is 0 Å². The van der Waals surface area contributed by atoms with E-state index in [1.807, 2.05) is 31.2 Å². The van der Waals surface area contributed by atoms with Crippen molar-refractivity contribution in [2.24, 2.45) is 0 Å². The lowest BCUT2D eigenvalue weighted by Crippen LogP contribution is -2.12. The van der Waals surface area contributed by atoms with E-state index in [1.165, 1.54) is 0 Å². The van der Waals surface area contributed by atoms with Crippen LogP contribution in [0.5, 0.6) is 0 Å². The number of H-pyrrole nitrogens is 1. The number of aryl methyl sites for hydroxylation is 1. The monoisotopic (exact) mass is 261 g/mol. The lowest BCUT2D eigenvalue weighted by Gasteiger charge is -2.09. The van der Waals surface area contributed by atoms with Crippen molar-refractivity contribution in [3.63, 3.8) is 0 Å². The molecule has 94 valence electrons. The molecular formula is C13H15N3OS. The number of aromatic amines is 1. The highest BCUT2D eigenvalue weighted by molar-refractivity contribution is 7.99. The van der Waals surface area contributed by atoms with Gasteiger partial charge in [0.2, 0.25) is 0 Å². The Hall–Kier alpha value is -1.75. The number of aromatic nitrogens is 2. The van der Waals surface area contributed by atoms with Gasteiger partial charge in [0.15, 0.2) is 0 Å². The van der Waals surface area contributed by atoms with Crippen molar-refractivity contribution in [3.8, 4) is 0 Å². The SMILES string of the molecule is CCSc1ccccc1NC(=O)c1cn[nH]c1C. The highest BCUT2D eigenvalue weighted by Crippen LogP contribution is 2.27. The Bertz CT molecular complexity index is 551. The first kappa shape index (κ1) is 12.7. The average Bonchev–Trinajstić information content (AvgIpc) is 2.78. The highest BCUT2D eigenvalue weighted by Gasteiger charge is 2.12. The third-order valence-corrected chi connectivity index (χ3v) is 3.47. The molecule has 0 aliphatic carbocycles. The van der Waals surface area contributed by atoms with Gasteiger partial charge in [-0.15, -0.1) is 11.8 Å². The lowest BCUT2D eigenvalue weighted by atomic mass is 10.2. The Morgan fingerprint density at radius 1 is 1.44 bits per heavy atom. The quantitative estimate of drug-likeness (QED) is 0.831. The molecule has 0 saturated heterocycles. The standard InChI is InChI=1S/C13H15N3OS/c1-3-18-12-7-5-4-6-11(12)15-13(17)10-8-14-16-9(10)2/h4-8H,3H2,1-2H3,(H,14,16)(H,15,17). The van der Waals surface area contributed by atoms with Gasteiger partial charge >= 0.3 is 0 Å². The van der Waals surface area contributed by atoms with E-state index in [9.17, 15) is 4.79 Å². The molecule has 4 nitrogen and oxygen atoms in total. The zero-order chi connectivity index (χ0) is 13.0. The summed E-state index contributed by atoms with van der Waals surface area (Å²) >= 11 is 1.71. The van der Waals surface area contributed by atoms with Gasteiger partial charge in [-0.1, -0.05) is 19.1 Å².